The number of carbonyl (C=O) groups excluding carboxylic acids is 2. The third-order valence-electron chi connectivity index (χ3n) is 3.79. The van der Waals surface area contributed by atoms with Crippen molar-refractivity contribution in [3.63, 3.8) is 0 Å². The van der Waals surface area contributed by atoms with Crippen LogP contribution in [0.5, 0.6) is 0 Å². The zero-order valence-corrected chi connectivity index (χ0v) is 12.2. The first-order valence-corrected chi connectivity index (χ1v) is 6.67. The Balaban J connectivity index is 2.46. The van der Waals surface area contributed by atoms with Crippen molar-refractivity contribution in [3.05, 3.63) is 0 Å². The third-order valence-corrected chi connectivity index (χ3v) is 3.79. The molecule has 1 fully saturated rings. The van der Waals surface area contributed by atoms with Crippen molar-refractivity contribution in [3.8, 4) is 0 Å². The Morgan fingerprint density at radius 2 is 1.65 bits per heavy atom. The van der Waals surface area contributed by atoms with E-state index in [1.165, 1.54) is 7.11 Å². The average Bonchev–Trinajstić information content (AvgIpc) is 2.45. The van der Waals surface area contributed by atoms with E-state index >= 15 is 0 Å². The molecule has 0 bridgehead atoms. The Morgan fingerprint density at radius 3 is 2.10 bits per heavy atom. The van der Waals surface area contributed by atoms with Crippen molar-refractivity contribution in [1.29, 1.82) is 0 Å². The molecule has 1 aliphatic heterocycles. The Labute approximate surface area is 118 Å². The minimum absolute atomic E-state index is 0.141. The molecule has 1 rings (SSSR count). The van der Waals surface area contributed by atoms with E-state index in [-0.39, 0.29) is 18.4 Å². The first-order valence-electron chi connectivity index (χ1n) is 6.67. The quantitative estimate of drug-likeness (QED) is 0.696. The lowest BCUT2D eigenvalue weighted by atomic mass is 9.94. The molecule has 1 N–H and O–H groups in total. The highest BCUT2D eigenvalue weighted by atomic mass is 16.5. The molecule has 0 saturated carbocycles. The fourth-order valence-corrected chi connectivity index (χ4v) is 2.09. The van der Waals surface area contributed by atoms with Crippen LogP contribution in [0.4, 0.5) is 0 Å². The van der Waals surface area contributed by atoms with Gasteiger partial charge in [-0.15, -0.1) is 0 Å². The molecule has 1 amide bonds. The van der Waals surface area contributed by atoms with Gasteiger partial charge in [0.1, 0.15) is 0 Å². The Hall–Kier alpha value is -1.63. The van der Waals surface area contributed by atoms with E-state index in [4.69, 9.17) is 5.11 Å². The van der Waals surface area contributed by atoms with Gasteiger partial charge in [0.05, 0.1) is 19.6 Å². The number of carbonyl (C=O) groups is 3. The summed E-state index contributed by atoms with van der Waals surface area (Å²) in [5.74, 6) is -2.64. The van der Waals surface area contributed by atoms with E-state index in [1.807, 2.05) is 4.90 Å². The molecule has 2 atom stereocenters. The monoisotopic (exact) mass is 286 g/mol. The molecular weight excluding hydrogens is 264 g/mol. The maximum Gasteiger partial charge on any atom is 0.319 e. The van der Waals surface area contributed by atoms with Gasteiger partial charge < -0.3 is 14.7 Å². The number of esters is 1. The lowest BCUT2D eigenvalue weighted by Gasteiger charge is -2.35. The molecular formula is C13H22N2O5. The van der Waals surface area contributed by atoms with Gasteiger partial charge in [-0.05, 0) is 0 Å². The summed E-state index contributed by atoms with van der Waals surface area (Å²) in [6.45, 7) is 5.60. The molecule has 1 aliphatic rings. The number of aliphatic carboxylic acids is 1. The van der Waals surface area contributed by atoms with Gasteiger partial charge in [0, 0.05) is 32.1 Å². The van der Waals surface area contributed by atoms with Crippen LogP contribution in [0.3, 0.4) is 0 Å². The van der Waals surface area contributed by atoms with Crippen molar-refractivity contribution in [1.82, 2.24) is 9.80 Å². The van der Waals surface area contributed by atoms with Crippen LogP contribution in [0.25, 0.3) is 0 Å². The molecule has 20 heavy (non-hydrogen) atoms. The molecule has 0 aromatic carbocycles. The number of nitrogens with zero attached hydrogens (tertiary/aromatic N) is 2. The van der Waals surface area contributed by atoms with Gasteiger partial charge in [-0.3, -0.25) is 19.3 Å². The van der Waals surface area contributed by atoms with Crippen LogP contribution < -0.4 is 0 Å². The van der Waals surface area contributed by atoms with Gasteiger partial charge in [-0.25, -0.2) is 0 Å². The maximum absolute atomic E-state index is 12.2. The highest BCUT2D eigenvalue weighted by Crippen LogP contribution is 2.16. The van der Waals surface area contributed by atoms with Crippen molar-refractivity contribution in [2.24, 2.45) is 11.8 Å². The topological polar surface area (TPSA) is 87.2 Å². The predicted octanol–water partition coefficient (Wildman–Crippen LogP) is -0.340. The SMILES string of the molecule is COC(=O)CN1CCN(C(=O)C(C)C(C)C(=O)O)CC1. The molecule has 114 valence electrons. The summed E-state index contributed by atoms with van der Waals surface area (Å²) in [4.78, 5) is 37.8. The third kappa shape index (κ3) is 4.19. The number of amides is 1. The van der Waals surface area contributed by atoms with Crippen molar-refractivity contribution in [2.45, 2.75) is 13.8 Å². The summed E-state index contributed by atoms with van der Waals surface area (Å²) in [5.41, 5.74) is 0. The van der Waals surface area contributed by atoms with Crippen molar-refractivity contribution in [2.75, 3.05) is 39.8 Å². The summed E-state index contributed by atoms with van der Waals surface area (Å²) in [7, 11) is 1.34. The van der Waals surface area contributed by atoms with E-state index < -0.39 is 17.8 Å². The molecule has 0 aromatic rings. The van der Waals surface area contributed by atoms with Gasteiger partial charge in [0.15, 0.2) is 0 Å². The van der Waals surface area contributed by atoms with Gasteiger partial charge in [-0.1, -0.05) is 13.8 Å². The van der Waals surface area contributed by atoms with E-state index in [1.54, 1.807) is 18.7 Å². The molecule has 7 nitrogen and oxygen atoms in total. The molecule has 0 spiro atoms. The number of ether oxygens (including phenoxy) is 1. The average molecular weight is 286 g/mol. The molecule has 2 unspecified atom stereocenters. The Kier molecular flexibility index (Phi) is 5.94. The summed E-state index contributed by atoms with van der Waals surface area (Å²) in [6.07, 6.45) is 0. The lowest BCUT2D eigenvalue weighted by molar-refractivity contribution is -0.150. The first-order chi connectivity index (χ1) is 9.36. The number of methoxy groups -OCH3 is 1. The van der Waals surface area contributed by atoms with E-state index in [0.717, 1.165) is 0 Å². The van der Waals surface area contributed by atoms with Crippen molar-refractivity contribution < 1.29 is 24.2 Å². The van der Waals surface area contributed by atoms with Crippen LogP contribution in [0.15, 0.2) is 0 Å². The van der Waals surface area contributed by atoms with Crippen LogP contribution in [0, 0.1) is 11.8 Å². The molecule has 7 heteroatoms. The van der Waals surface area contributed by atoms with Gasteiger partial charge in [0.25, 0.3) is 0 Å². The van der Waals surface area contributed by atoms with Crippen LogP contribution >= 0.6 is 0 Å². The van der Waals surface area contributed by atoms with Crippen LogP contribution in [0.1, 0.15) is 13.8 Å². The van der Waals surface area contributed by atoms with Gasteiger partial charge >= 0.3 is 11.9 Å². The molecule has 1 saturated heterocycles. The van der Waals surface area contributed by atoms with Gasteiger partial charge in [0.2, 0.25) is 5.91 Å². The normalized spacial score (nSPS) is 19.2. The molecule has 0 aliphatic carbocycles. The predicted molar refractivity (Wildman–Crippen MR) is 71.0 cm³/mol. The number of rotatable bonds is 5. The Bertz CT molecular complexity index is 377. The smallest absolute Gasteiger partial charge is 0.319 e. The summed E-state index contributed by atoms with van der Waals surface area (Å²) >= 11 is 0. The van der Waals surface area contributed by atoms with Crippen molar-refractivity contribution >= 4 is 17.8 Å². The molecule has 0 aromatic heterocycles. The molecule has 1 heterocycles. The van der Waals surface area contributed by atoms with E-state index in [9.17, 15) is 14.4 Å². The Morgan fingerprint density at radius 1 is 1.10 bits per heavy atom. The minimum Gasteiger partial charge on any atom is -0.481 e. The van der Waals surface area contributed by atoms with Crippen LogP contribution in [-0.2, 0) is 19.1 Å². The summed E-state index contributed by atoms with van der Waals surface area (Å²) in [5, 5.41) is 8.94. The minimum atomic E-state index is -0.963. The van der Waals surface area contributed by atoms with E-state index in [0.29, 0.717) is 26.2 Å². The number of piperazine rings is 1. The lowest BCUT2D eigenvalue weighted by Crippen LogP contribution is -2.52. The highest BCUT2D eigenvalue weighted by molar-refractivity contribution is 5.84. The summed E-state index contributed by atoms with van der Waals surface area (Å²) < 4.78 is 4.60. The zero-order valence-electron chi connectivity index (χ0n) is 12.2. The largest absolute Gasteiger partial charge is 0.481 e. The van der Waals surface area contributed by atoms with E-state index in [2.05, 4.69) is 4.74 Å². The fourth-order valence-electron chi connectivity index (χ4n) is 2.09. The zero-order chi connectivity index (χ0) is 15.3. The first kappa shape index (κ1) is 16.4. The second-order valence-electron chi connectivity index (χ2n) is 5.09. The maximum atomic E-state index is 12.2. The van der Waals surface area contributed by atoms with Gasteiger partial charge in [-0.2, -0.15) is 0 Å². The highest BCUT2D eigenvalue weighted by Gasteiger charge is 2.31. The number of hydrogen-bond acceptors (Lipinski definition) is 5. The number of carboxylic acids is 1. The second kappa shape index (κ2) is 7.23. The molecule has 0 radical (unpaired) electrons. The van der Waals surface area contributed by atoms with Crippen LogP contribution in [-0.4, -0.2) is 72.6 Å². The van der Waals surface area contributed by atoms with Crippen LogP contribution in [0.2, 0.25) is 0 Å². The number of carboxylic acid groups (broad SMARTS) is 1. The standard InChI is InChI=1S/C13H22N2O5/c1-9(10(2)13(18)19)12(17)15-6-4-14(5-7-15)8-11(16)20-3/h9-10H,4-8H2,1-3H3,(H,18,19). The summed E-state index contributed by atoms with van der Waals surface area (Å²) in [6, 6.07) is 0. The second-order valence-corrected chi connectivity index (χ2v) is 5.09. The fraction of sp³-hybridized carbons (Fsp3) is 0.769. The number of hydrogen-bond donors (Lipinski definition) is 1.